The lowest BCUT2D eigenvalue weighted by Crippen LogP contribution is -2.42. The van der Waals surface area contributed by atoms with Crippen molar-refractivity contribution in [2.45, 2.75) is 97.0 Å². The third kappa shape index (κ3) is 29.9. The summed E-state index contributed by atoms with van der Waals surface area (Å²) in [5.74, 6) is -5.52. The minimum atomic E-state index is -5.08. The van der Waals surface area contributed by atoms with Crippen LogP contribution in [0.25, 0.3) is 0 Å². The number of alkyl carbamates (subject to hydrolysis) is 1. The molecule has 4 atom stereocenters. The van der Waals surface area contributed by atoms with Gasteiger partial charge in [0, 0.05) is 30.3 Å². The number of halogens is 3. The molecule has 2 amide bonds. The van der Waals surface area contributed by atoms with Crippen LogP contribution in [0.1, 0.15) is 92.1 Å². The van der Waals surface area contributed by atoms with Gasteiger partial charge in [0.1, 0.15) is 11.4 Å². The molecule has 0 heterocycles. The summed E-state index contributed by atoms with van der Waals surface area (Å²) in [7, 11) is 2.64. The molecular formula is C55H67F3N4O13. The first-order chi connectivity index (χ1) is 35.1. The van der Waals surface area contributed by atoms with Crippen LogP contribution in [0.15, 0.2) is 133 Å². The van der Waals surface area contributed by atoms with Crippen molar-refractivity contribution >= 4 is 58.8 Å². The number of nitrogens with one attached hydrogen (secondary N) is 2. The number of esters is 2. The number of nitrogens with two attached hydrogens (primary N) is 2. The van der Waals surface area contributed by atoms with E-state index in [1.54, 1.807) is 95.3 Å². The van der Waals surface area contributed by atoms with Crippen LogP contribution in [-0.4, -0.2) is 95.7 Å². The van der Waals surface area contributed by atoms with Gasteiger partial charge in [0.05, 0.1) is 37.4 Å². The molecule has 4 aromatic rings. The minimum absolute atomic E-state index is 0.0381. The Morgan fingerprint density at radius 2 is 1.11 bits per heavy atom. The third-order valence-electron chi connectivity index (χ3n) is 10.1. The Kier molecular flexibility index (Phi) is 29.0. The van der Waals surface area contributed by atoms with Crippen LogP contribution in [0.2, 0.25) is 0 Å². The molecule has 0 radical (unpaired) electrons. The maximum atomic E-state index is 12.5. The van der Waals surface area contributed by atoms with Gasteiger partial charge in [-0.25, -0.2) is 24.0 Å². The number of ketones is 2. The first-order valence-corrected chi connectivity index (χ1v) is 23.3. The minimum Gasteiger partial charge on any atom is -0.478 e. The van der Waals surface area contributed by atoms with Gasteiger partial charge in [-0.2, -0.15) is 13.2 Å². The number of carbonyl (C=O) groups is 8. The number of nitrogen functional groups attached to an aromatic ring is 1. The summed E-state index contributed by atoms with van der Waals surface area (Å²) in [6, 6.07) is 31.7. The van der Waals surface area contributed by atoms with Crippen molar-refractivity contribution < 1.29 is 76.0 Å². The van der Waals surface area contributed by atoms with E-state index in [1.807, 2.05) is 60.7 Å². The van der Waals surface area contributed by atoms with E-state index < -0.39 is 47.9 Å². The Morgan fingerprint density at radius 3 is 1.53 bits per heavy atom. The summed E-state index contributed by atoms with van der Waals surface area (Å²) in [5.41, 5.74) is 14.7. The van der Waals surface area contributed by atoms with Crippen molar-refractivity contribution in [1.82, 2.24) is 5.32 Å². The summed E-state index contributed by atoms with van der Waals surface area (Å²) < 4.78 is 46.1. The van der Waals surface area contributed by atoms with Crippen LogP contribution in [0.5, 0.6) is 0 Å². The van der Waals surface area contributed by atoms with Gasteiger partial charge in [-0.05, 0) is 126 Å². The number of aliphatic carboxylic acids is 2. The number of alkyl halides is 3. The highest BCUT2D eigenvalue weighted by molar-refractivity contribution is 6.00. The van der Waals surface area contributed by atoms with Gasteiger partial charge < -0.3 is 46.5 Å². The van der Waals surface area contributed by atoms with Gasteiger partial charge in [0.2, 0.25) is 5.91 Å². The average Bonchev–Trinajstić information content (AvgIpc) is 3.35. The highest BCUT2D eigenvalue weighted by Crippen LogP contribution is 2.19. The number of Topliss-reactive ketones (excluding diaryl/α,β-unsaturated/α-hetero) is 2. The quantitative estimate of drug-likeness (QED) is 0.0208. The molecule has 17 nitrogen and oxygen atoms in total. The number of carboxylic acid groups (broad SMARTS) is 2. The molecule has 0 aliphatic carbocycles. The van der Waals surface area contributed by atoms with Crippen LogP contribution in [0.4, 0.5) is 29.3 Å². The van der Waals surface area contributed by atoms with Gasteiger partial charge in [-0.15, -0.1) is 0 Å². The first-order valence-electron chi connectivity index (χ1n) is 23.3. The molecule has 4 aromatic carbocycles. The molecule has 0 saturated heterocycles. The molecule has 0 spiro atoms. The predicted octanol–water partition coefficient (Wildman–Crippen LogP) is 8.96. The number of carbonyl (C=O) groups excluding carboxylic acids is 6. The molecule has 75 heavy (non-hydrogen) atoms. The van der Waals surface area contributed by atoms with E-state index in [0.717, 1.165) is 30.9 Å². The van der Waals surface area contributed by atoms with Crippen LogP contribution in [0, 0.1) is 11.8 Å². The number of ether oxygens (including phenoxy) is 3. The maximum Gasteiger partial charge on any atom is 0.490 e. The van der Waals surface area contributed by atoms with Crippen LogP contribution in [0.3, 0.4) is 0 Å². The second-order valence-corrected chi connectivity index (χ2v) is 17.6. The Balaban J connectivity index is 0.000000567. The summed E-state index contributed by atoms with van der Waals surface area (Å²) >= 11 is 0. The molecule has 0 unspecified atom stereocenters. The van der Waals surface area contributed by atoms with E-state index in [0.29, 0.717) is 28.9 Å². The number of amides is 2. The smallest absolute Gasteiger partial charge is 0.478 e. The molecule has 0 aromatic heterocycles. The standard InChI is InChI=1S/C24H28N2O4.C21H29NO5.C8H9NO2.C2HF3O2/c1-17(25)22(27)15-19(12-11-18-7-4-3-5-8-18)13-14-23(28)26-21-10-6-9-20(16-21)24(29)30-2;1-15(22-20(26)27-21(2,3)4)18(23)14-17(12-13-19(24)25)11-10-16-8-6-5-7-9-16;1-11-8(10)6-3-2-4-7(9)5-6;3-2(4,5)1(6)7/h3-10,13-14,16-17,19H,11-12,15,25H2,1-2H3,(H,26,28);5-9,12-13,15,17H,10-11,14H2,1-4H3,(H,22,26)(H,24,25);2-5H,9H2,1H3;(H,6,7)/b14-13+;13-12+;;/t17-,19-;15-,17-;;/m00../s1. The van der Waals surface area contributed by atoms with Crippen LogP contribution in [-0.2, 0) is 51.0 Å². The third-order valence-corrected chi connectivity index (χ3v) is 10.1. The van der Waals surface area contributed by atoms with E-state index in [2.05, 4.69) is 20.1 Å². The fourth-order valence-electron chi connectivity index (χ4n) is 6.22. The van der Waals surface area contributed by atoms with Gasteiger partial charge in [0.15, 0.2) is 5.78 Å². The summed E-state index contributed by atoms with van der Waals surface area (Å²) in [5, 5.41) is 21.3. The summed E-state index contributed by atoms with van der Waals surface area (Å²) in [6.45, 7) is 8.50. The van der Waals surface area contributed by atoms with Crippen LogP contribution >= 0.6 is 0 Å². The highest BCUT2D eigenvalue weighted by atomic mass is 19.4. The van der Waals surface area contributed by atoms with Crippen molar-refractivity contribution in [3.8, 4) is 0 Å². The van der Waals surface area contributed by atoms with Gasteiger partial charge in [-0.1, -0.05) is 84.9 Å². The van der Waals surface area contributed by atoms with Crippen molar-refractivity contribution in [3.63, 3.8) is 0 Å². The van der Waals surface area contributed by atoms with E-state index in [9.17, 15) is 46.7 Å². The molecule has 0 aliphatic heterocycles. The molecule has 406 valence electrons. The number of anilines is 2. The van der Waals surface area contributed by atoms with Crippen molar-refractivity contribution in [1.29, 1.82) is 0 Å². The second kappa shape index (κ2) is 33.6. The molecular weight excluding hydrogens is 982 g/mol. The molecule has 0 fully saturated rings. The predicted molar refractivity (Wildman–Crippen MR) is 276 cm³/mol. The molecule has 0 bridgehead atoms. The average molecular weight is 1050 g/mol. The first kappa shape index (κ1) is 64.9. The number of carboxylic acids is 2. The number of rotatable bonds is 20. The fourth-order valence-corrected chi connectivity index (χ4v) is 6.22. The van der Waals surface area contributed by atoms with Gasteiger partial charge in [0.25, 0.3) is 0 Å². The zero-order chi connectivity index (χ0) is 56.7. The molecule has 0 aliphatic rings. The lowest BCUT2D eigenvalue weighted by Gasteiger charge is -2.22. The Morgan fingerprint density at radius 1 is 0.653 bits per heavy atom. The number of hydrogen-bond acceptors (Lipinski definition) is 13. The number of methoxy groups -OCH3 is 2. The number of aryl methyl sites for hydroxylation is 2. The van der Waals surface area contributed by atoms with Crippen LogP contribution < -0.4 is 22.1 Å². The van der Waals surface area contributed by atoms with Crippen molar-refractivity contribution in [2.75, 3.05) is 25.3 Å². The fraction of sp³-hybridized carbons (Fsp3) is 0.345. The van der Waals surface area contributed by atoms with E-state index in [-0.39, 0.29) is 48.1 Å². The SMILES string of the molecule is COC(=O)c1cccc(N)c1.COC(=O)c1cccc(NC(=O)/C=C/[C@H](CCc2ccccc2)CC(=O)[C@H](C)N)c1.C[C@H](NC(=O)OC(C)(C)C)C(=O)C[C@H](/C=C/C(=O)O)CCc1ccccc1.O=C(O)C(F)(F)F. The maximum absolute atomic E-state index is 12.5. The number of hydrogen-bond donors (Lipinski definition) is 6. The molecule has 20 heteroatoms. The Labute approximate surface area is 434 Å². The zero-order valence-corrected chi connectivity index (χ0v) is 42.9. The number of allylic oxidation sites excluding steroid dienone is 2. The molecule has 4 rings (SSSR count). The zero-order valence-electron chi connectivity index (χ0n) is 42.9. The van der Waals surface area contributed by atoms with Gasteiger partial charge in [-0.3, -0.25) is 14.4 Å². The normalized spacial score (nSPS) is 12.5. The van der Waals surface area contributed by atoms with Crippen molar-refractivity contribution in [3.05, 3.63) is 156 Å². The summed E-state index contributed by atoms with van der Waals surface area (Å²) in [4.78, 5) is 91.0. The lowest BCUT2D eigenvalue weighted by atomic mass is 9.92. The number of benzene rings is 4. The van der Waals surface area contributed by atoms with E-state index in [1.165, 1.54) is 25.9 Å². The van der Waals surface area contributed by atoms with E-state index in [4.69, 9.17) is 31.2 Å². The molecule has 0 saturated carbocycles. The summed E-state index contributed by atoms with van der Waals surface area (Å²) in [6.07, 6.45) is 3.38. The van der Waals surface area contributed by atoms with E-state index >= 15 is 0 Å². The lowest BCUT2D eigenvalue weighted by molar-refractivity contribution is -0.192. The monoisotopic (exact) mass is 1050 g/mol. The highest BCUT2D eigenvalue weighted by Gasteiger charge is 2.38. The second-order valence-electron chi connectivity index (χ2n) is 17.6. The Hall–Kier alpha value is -8.13. The molecule has 8 N–H and O–H groups in total. The largest absolute Gasteiger partial charge is 0.490 e. The van der Waals surface area contributed by atoms with Gasteiger partial charge >= 0.3 is 36.1 Å². The van der Waals surface area contributed by atoms with Crippen molar-refractivity contribution in [2.24, 2.45) is 17.6 Å². The topological polar surface area (TPSA) is 281 Å². The Bertz CT molecular complexity index is 2530.